The second kappa shape index (κ2) is 7.76. The normalized spacial score (nSPS) is 12.9. The van der Waals surface area contributed by atoms with Crippen LogP contribution >= 0.6 is 11.8 Å². The highest BCUT2D eigenvalue weighted by atomic mass is 32.2. The summed E-state index contributed by atoms with van der Waals surface area (Å²) in [7, 11) is 2.67. The topological polar surface area (TPSA) is 31.6 Å². The minimum absolute atomic E-state index is 0.111. The van der Waals surface area contributed by atoms with Crippen LogP contribution in [0.2, 0.25) is 0 Å². The van der Waals surface area contributed by atoms with Gasteiger partial charge in [-0.05, 0) is 30.0 Å². The van der Waals surface area contributed by atoms with E-state index in [1.165, 1.54) is 39.3 Å². The summed E-state index contributed by atoms with van der Waals surface area (Å²) in [5.74, 6) is -11.5. The molecule has 0 saturated carbocycles. The van der Waals surface area contributed by atoms with Gasteiger partial charge < -0.3 is 13.9 Å². The van der Waals surface area contributed by atoms with Gasteiger partial charge in [0, 0.05) is 5.56 Å². The molecule has 11 heteroatoms. The van der Waals surface area contributed by atoms with Gasteiger partial charge in [-0.1, -0.05) is 18.7 Å². The molecule has 0 bridgehead atoms. The number of benzene rings is 1. The highest BCUT2D eigenvalue weighted by Crippen LogP contribution is 2.54. The molecule has 0 amide bonds. The number of furan rings is 1. The molecule has 0 unspecified atom stereocenters. The monoisotopic (exact) mass is 432 g/mol. The van der Waals surface area contributed by atoms with Crippen LogP contribution in [0.15, 0.2) is 33.8 Å². The summed E-state index contributed by atoms with van der Waals surface area (Å²) in [6.07, 6.45) is -6.44. The average Bonchev–Trinajstić information content (AvgIpc) is 3.05. The molecule has 0 saturated heterocycles. The summed E-state index contributed by atoms with van der Waals surface area (Å²) in [5.41, 5.74) is -1.40. The van der Waals surface area contributed by atoms with Crippen molar-refractivity contribution in [1.82, 2.24) is 0 Å². The quantitative estimate of drug-likeness (QED) is 0.376. The fraction of sp³-hybridized carbons (Fsp3) is 0.412. The molecule has 2 rings (SSSR count). The molecule has 1 aromatic carbocycles. The second-order valence-corrected chi connectivity index (χ2v) is 6.70. The average molecular weight is 432 g/mol. The zero-order valence-electron chi connectivity index (χ0n) is 14.8. The number of halogens is 7. The van der Waals surface area contributed by atoms with Crippen LogP contribution < -0.4 is 9.47 Å². The van der Waals surface area contributed by atoms with E-state index < -0.39 is 28.7 Å². The predicted octanol–water partition coefficient (Wildman–Crippen LogP) is 6.37. The Labute approximate surface area is 159 Å². The molecule has 3 nitrogen and oxygen atoms in total. The maximum absolute atomic E-state index is 14.2. The zero-order chi connectivity index (χ0) is 21.3. The highest BCUT2D eigenvalue weighted by Gasteiger charge is 2.74. The van der Waals surface area contributed by atoms with E-state index in [0.717, 1.165) is 0 Å². The number of ether oxygens (including phenoxy) is 2. The lowest BCUT2D eigenvalue weighted by Crippen LogP contribution is -2.50. The van der Waals surface area contributed by atoms with Gasteiger partial charge in [0.2, 0.25) is 0 Å². The van der Waals surface area contributed by atoms with Gasteiger partial charge in [-0.3, -0.25) is 0 Å². The van der Waals surface area contributed by atoms with Crippen molar-refractivity contribution in [3.8, 4) is 22.8 Å². The number of rotatable bonds is 7. The Kier molecular flexibility index (Phi) is 6.17. The molecule has 0 fully saturated rings. The zero-order valence-corrected chi connectivity index (χ0v) is 15.6. The predicted molar refractivity (Wildman–Crippen MR) is 88.5 cm³/mol. The molecule has 1 heterocycles. The summed E-state index contributed by atoms with van der Waals surface area (Å²) < 4.78 is 108. The Hall–Kier alpha value is -2.04. The van der Waals surface area contributed by atoms with Crippen LogP contribution in [0.5, 0.6) is 11.5 Å². The van der Waals surface area contributed by atoms with E-state index in [1.54, 1.807) is 0 Å². The largest absolute Gasteiger partial charge is 0.493 e. The molecular formula is C17H15F7O3S. The van der Waals surface area contributed by atoms with Crippen LogP contribution in [-0.2, 0) is 5.92 Å². The molecule has 2 aromatic rings. The van der Waals surface area contributed by atoms with Crippen molar-refractivity contribution in [2.45, 2.75) is 30.0 Å². The Morgan fingerprint density at radius 2 is 1.54 bits per heavy atom. The summed E-state index contributed by atoms with van der Waals surface area (Å²) in [5, 5.41) is -0.721. The number of thioether (sulfide) groups is 1. The van der Waals surface area contributed by atoms with Gasteiger partial charge in [-0.15, -0.1) is 0 Å². The Morgan fingerprint density at radius 3 is 2.04 bits per heavy atom. The van der Waals surface area contributed by atoms with Crippen LogP contribution in [0, 0.1) is 0 Å². The minimum atomic E-state index is -6.44. The van der Waals surface area contributed by atoms with E-state index in [4.69, 9.17) is 13.9 Å². The van der Waals surface area contributed by atoms with Crippen molar-refractivity contribution < 1.29 is 44.6 Å². The third kappa shape index (κ3) is 3.76. The molecule has 0 aliphatic rings. The van der Waals surface area contributed by atoms with Gasteiger partial charge in [0.15, 0.2) is 16.6 Å². The molecule has 0 N–H and O–H groups in total. The lowest BCUT2D eigenvalue weighted by Gasteiger charge is -2.27. The van der Waals surface area contributed by atoms with E-state index in [-0.39, 0.29) is 22.8 Å². The first-order chi connectivity index (χ1) is 12.9. The molecule has 0 spiro atoms. The third-order valence-electron chi connectivity index (χ3n) is 3.73. The summed E-state index contributed by atoms with van der Waals surface area (Å²) in [4.78, 5) is 0. The Morgan fingerprint density at radius 1 is 0.929 bits per heavy atom. The van der Waals surface area contributed by atoms with E-state index in [1.807, 2.05) is 0 Å². The first-order valence-corrected chi connectivity index (χ1v) is 8.71. The van der Waals surface area contributed by atoms with Crippen molar-refractivity contribution in [1.29, 1.82) is 0 Å². The number of hydrogen-bond acceptors (Lipinski definition) is 4. The van der Waals surface area contributed by atoms with Gasteiger partial charge in [-0.25, -0.2) is 0 Å². The number of alkyl halides is 7. The van der Waals surface area contributed by atoms with Gasteiger partial charge in [0.25, 0.3) is 0 Å². The SMILES string of the molecule is CCSc1oc(-c2ccc(OC)c(OC)c2)cc1C(F)(F)C(F)(F)C(F)(F)F. The van der Waals surface area contributed by atoms with Gasteiger partial charge >= 0.3 is 18.0 Å². The molecule has 0 atom stereocenters. The molecule has 0 aliphatic carbocycles. The van der Waals surface area contributed by atoms with Crippen molar-refractivity contribution >= 4 is 11.8 Å². The molecule has 28 heavy (non-hydrogen) atoms. The standard InChI is InChI=1S/C17H15F7O3S/c1-4-28-14-10(15(18,19)16(20,21)17(22,23)24)8-12(27-14)9-5-6-11(25-2)13(7-9)26-3/h5-8H,4H2,1-3H3. The first-order valence-electron chi connectivity index (χ1n) is 7.72. The molecule has 156 valence electrons. The fourth-order valence-corrected chi connectivity index (χ4v) is 3.06. The maximum Gasteiger partial charge on any atom is 0.460 e. The van der Waals surface area contributed by atoms with Crippen LogP contribution in [0.25, 0.3) is 11.3 Å². The van der Waals surface area contributed by atoms with Crippen molar-refractivity contribution in [3.05, 3.63) is 29.8 Å². The minimum Gasteiger partial charge on any atom is -0.493 e. The lowest BCUT2D eigenvalue weighted by molar-refractivity contribution is -0.360. The smallest absolute Gasteiger partial charge is 0.460 e. The lowest BCUT2D eigenvalue weighted by atomic mass is 10.0. The fourth-order valence-electron chi connectivity index (χ4n) is 2.31. The highest BCUT2D eigenvalue weighted by molar-refractivity contribution is 7.99. The van der Waals surface area contributed by atoms with Gasteiger partial charge in [-0.2, -0.15) is 30.7 Å². The van der Waals surface area contributed by atoms with E-state index in [9.17, 15) is 30.7 Å². The van der Waals surface area contributed by atoms with Crippen molar-refractivity contribution in [2.24, 2.45) is 0 Å². The Bertz CT molecular complexity index is 831. The van der Waals surface area contributed by atoms with Gasteiger partial charge in [0.1, 0.15) is 5.76 Å². The van der Waals surface area contributed by atoms with Crippen LogP contribution in [0.3, 0.4) is 0 Å². The molecule has 1 aromatic heterocycles. The van der Waals surface area contributed by atoms with Crippen LogP contribution in [-0.4, -0.2) is 32.1 Å². The third-order valence-corrected chi connectivity index (χ3v) is 4.58. The van der Waals surface area contributed by atoms with Crippen molar-refractivity contribution in [2.75, 3.05) is 20.0 Å². The second-order valence-electron chi connectivity index (χ2n) is 5.46. The summed E-state index contributed by atoms with van der Waals surface area (Å²) in [6.45, 7) is 1.51. The summed E-state index contributed by atoms with van der Waals surface area (Å²) in [6, 6.07) is 4.58. The van der Waals surface area contributed by atoms with Gasteiger partial charge in [0.05, 0.1) is 19.8 Å². The first kappa shape index (κ1) is 22.3. The van der Waals surface area contributed by atoms with Crippen LogP contribution in [0.1, 0.15) is 12.5 Å². The number of methoxy groups -OCH3 is 2. The van der Waals surface area contributed by atoms with E-state index in [0.29, 0.717) is 23.6 Å². The molecule has 0 radical (unpaired) electrons. The van der Waals surface area contributed by atoms with E-state index >= 15 is 0 Å². The molecule has 0 aliphatic heterocycles. The summed E-state index contributed by atoms with van der Waals surface area (Å²) >= 11 is 0.585. The number of hydrogen-bond donors (Lipinski definition) is 0. The van der Waals surface area contributed by atoms with E-state index in [2.05, 4.69) is 0 Å². The van der Waals surface area contributed by atoms with Crippen LogP contribution in [0.4, 0.5) is 30.7 Å². The molecular weight excluding hydrogens is 417 g/mol. The maximum atomic E-state index is 14.2. The van der Waals surface area contributed by atoms with Crippen molar-refractivity contribution in [3.63, 3.8) is 0 Å². The Balaban J connectivity index is 2.61.